The minimum Gasteiger partial charge on any atom is -0.389 e. The van der Waals surface area contributed by atoms with Gasteiger partial charge in [-0.2, -0.15) is 0 Å². The van der Waals surface area contributed by atoms with Crippen molar-refractivity contribution in [2.75, 3.05) is 0 Å². The molecule has 3 saturated carbocycles. The van der Waals surface area contributed by atoms with Crippen LogP contribution in [-0.2, 0) is 0 Å². The van der Waals surface area contributed by atoms with E-state index in [2.05, 4.69) is 33.8 Å². The lowest BCUT2D eigenvalue weighted by atomic mass is 9.62. The van der Waals surface area contributed by atoms with Gasteiger partial charge in [0.25, 0.3) is 0 Å². The van der Waals surface area contributed by atoms with Crippen LogP contribution in [0.3, 0.4) is 0 Å². The Kier molecular flexibility index (Phi) is 3.13. The largest absolute Gasteiger partial charge is 0.389 e. The van der Waals surface area contributed by atoms with Gasteiger partial charge in [-0.15, -0.1) is 0 Å². The molecule has 0 heterocycles. The summed E-state index contributed by atoms with van der Waals surface area (Å²) >= 11 is 0. The average Bonchev–Trinajstić information content (AvgIpc) is 2.69. The summed E-state index contributed by atoms with van der Waals surface area (Å²) in [7, 11) is 0. The lowest BCUT2D eigenvalue weighted by Crippen LogP contribution is -2.35. The Labute approximate surface area is 118 Å². The van der Waals surface area contributed by atoms with Crippen molar-refractivity contribution in [2.45, 2.75) is 72.3 Å². The van der Waals surface area contributed by atoms with E-state index in [0.29, 0.717) is 10.8 Å². The first-order valence-electron chi connectivity index (χ1n) is 8.27. The summed E-state index contributed by atoms with van der Waals surface area (Å²) in [6, 6.07) is 0. The summed E-state index contributed by atoms with van der Waals surface area (Å²) < 4.78 is 0. The molecule has 0 amide bonds. The highest BCUT2D eigenvalue weighted by Gasteiger charge is 2.65. The first-order chi connectivity index (χ1) is 8.91. The summed E-state index contributed by atoms with van der Waals surface area (Å²) in [4.78, 5) is 0. The SMILES string of the molecule is CCC(O)/C=C(\C)C1CCC2(C)C3CCC2(C)CC13. The molecule has 0 radical (unpaired) electrons. The van der Waals surface area contributed by atoms with Crippen LogP contribution >= 0.6 is 0 Å². The lowest BCUT2D eigenvalue weighted by molar-refractivity contribution is 0.0787. The second-order valence-corrected chi connectivity index (χ2v) is 8.02. The third kappa shape index (κ3) is 1.77. The van der Waals surface area contributed by atoms with Gasteiger partial charge in [0.2, 0.25) is 0 Å². The van der Waals surface area contributed by atoms with Crippen LogP contribution in [0.4, 0.5) is 0 Å². The van der Waals surface area contributed by atoms with Crippen LogP contribution in [0, 0.1) is 28.6 Å². The van der Waals surface area contributed by atoms with Gasteiger partial charge < -0.3 is 5.11 Å². The van der Waals surface area contributed by atoms with Crippen molar-refractivity contribution >= 4 is 0 Å². The molecule has 0 aromatic heterocycles. The predicted octanol–water partition coefficient (Wildman–Crippen LogP) is 4.56. The van der Waals surface area contributed by atoms with Gasteiger partial charge in [-0.05, 0) is 74.0 Å². The van der Waals surface area contributed by atoms with Crippen molar-refractivity contribution < 1.29 is 5.11 Å². The van der Waals surface area contributed by atoms with E-state index in [-0.39, 0.29) is 6.10 Å². The zero-order chi connectivity index (χ0) is 13.8. The highest BCUT2D eigenvalue weighted by molar-refractivity contribution is 5.20. The van der Waals surface area contributed by atoms with Gasteiger partial charge in [-0.25, -0.2) is 0 Å². The van der Waals surface area contributed by atoms with Crippen molar-refractivity contribution in [3.8, 4) is 0 Å². The Bertz CT molecular complexity index is 398. The third-order valence-electron chi connectivity index (χ3n) is 7.36. The van der Waals surface area contributed by atoms with Crippen LogP contribution in [0.1, 0.15) is 66.2 Å². The van der Waals surface area contributed by atoms with Gasteiger partial charge in [0.15, 0.2) is 0 Å². The summed E-state index contributed by atoms with van der Waals surface area (Å²) in [5.74, 6) is 2.61. The number of hydrogen-bond donors (Lipinski definition) is 1. The first-order valence-corrected chi connectivity index (χ1v) is 8.27. The van der Waals surface area contributed by atoms with Crippen LogP contribution in [0.5, 0.6) is 0 Å². The molecule has 19 heavy (non-hydrogen) atoms. The standard InChI is InChI=1S/C18H30O/c1-5-13(19)10-12(2)14-6-9-18(4)16-7-8-17(18,3)11-15(14)16/h10,13-16,19H,5-9,11H2,1-4H3/b12-10+. The monoisotopic (exact) mass is 262 g/mol. The quantitative estimate of drug-likeness (QED) is 0.739. The van der Waals surface area contributed by atoms with Crippen molar-refractivity contribution in [2.24, 2.45) is 28.6 Å². The van der Waals surface area contributed by atoms with E-state index >= 15 is 0 Å². The summed E-state index contributed by atoms with van der Waals surface area (Å²) in [6.45, 7) is 9.45. The Morgan fingerprint density at radius 1 is 1.32 bits per heavy atom. The van der Waals surface area contributed by atoms with E-state index in [1.54, 1.807) is 0 Å². The molecule has 0 saturated heterocycles. The van der Waals surface area contributed by atoms with Crippen molar-refractivity contribution in [3.05, 3.63) is 11.6 Å². The Morgan fingerprint density at radius 3 is 2.74 bits per heavy atom. The second-order valence-electron chi connectivity index (χ2n) is 8.02. The molecule has 0 aromatic rings. The number of hydrogen-bond acceptors (Lipinski definition) is 1. The summed E-state index contributed by atoms with van der Waals surface area (Å²) in [6.07, 6.45) is 9.86. The molecule has 0 spiro atoms. The maximum absolute atomic E-state index is 9.89. The minimum atomic E-state index is -0.234. The van der Waals surface area contributed by atoms with Crippen LogP contribution in [-0.4, -0.2) is 11.2 Å². The molecule has 1 heteroatoms. The zero-order valence-corrected chi connectivity index (χ0v) is 13.1. The van der Waals surface area contributed by atoms with Crippen LogP contribution < -0.4 is 0 Å². The first kappa shape index (κ1) is 13.7. The van der Waals surface area contributed by atoms with Gasteiger partial charge in [-0.3, -0.25) is 0 Å². The molecule has 0 aliphatic heterocycles. The molecule has 108 valence electrons. The van der Waals surface area contributed by atoms with E-state index in [1.165, 1.54) is 37.7 Å². The van der Waals surface area contributed by atoms with Gasteiger partial charge in [-0.1, -0.05) is 32.4 Å². The van der Waals surface area contributed by atoms with Crippen molar-refractivity contribution in [1.82, 2.24) is 0 Å². The fraction of sp³-hybridized carbons (Fsp3) is 0.889. The Morgan fingerprint density at radius 2 is 2.05 bits per heavy atom. The molecule has 3 aliphatic carbocycles. The molecule has 1 nitrogen and oxygen atoms in total. The molecule has 6 unspecified atom stereocenters. The predicted molar refractivity (Wildman–Crippen MR) is 79.8 cm³/mol. The molecule has 3 rings (SSSR count). The van der Waals surface area contributed by atoms with Gasteiger partial charge in [0.1, 0.15) is 0 Å². The molecule has 4 bridgehead atoms. The number of rotatable bonds is 3. The average molecular weight is 262 g/mol. The molecule has 0 aromatic carbocycles. The Hall–Kier alpha value is -0.300. The number of allylic oxidation sites excluding steroid dienone is 1. The smallest absolute Gasteiger partial charge is 0.0720 e. The van der Waals surface area contributed by atoms with Crippen molar-refractivity contribution in [3.63, 3.8) is 0 Å². The van der Waals surface area contributed by atoms with Crippen LogP contribution in [0.2, 0.25) is 0 Å². The summed E-state index contributed by atoms with van der Waals surface area (Å²) in [5, 5.41) is 9.89. The van der Waals surface area contributed by atoms with Crippen LogP contribution in [0.25, 0.3) is 0 Å². The topological polar surface area (TPSA) is 20.2 Å². The Balaban J connectivity index is 1.84. The zero-order valence-electron chi connectivity index (χ0n) is 13.1. The fourth-order valence-corrected chi connectivity index (χ4v) is 5.90. The van der Waals surface area contributed by atoms with E-state index in [4.69, 9.17) is 0 Å². The molecule has 1 N–H and O–H groups in total. The molecule has 3 fully saturated rings. The summed E-state index contributed by atoms with van der Waals surface area (Å²) in [5.41, 5.74) is 2.70. The van der Waals surface area contributed by atoms with Gasteiger partial charge in [0, 0.05) is 0 Å². The normalized spacial score (nSPS) is 50.6. The van der Waals surface area contributed by atoms with Gasteiger partial charge in [0.05, 0.1) is 6.10 Å². The minimum absolute atomic E-state index is 0.234. The lowest BCUT2D eigenvalue weighted by Gasteiger charge is -2.43. The fourth-order valence-electron chi connectivity index (χ4n) is 5.90. The van der Waals surface area contributed by atoms with E-state index in [1.807, 2.05) is 0 Å². The second kappa shape index (κ2) is 4.35. The molecular formula is C18H30O. The highest BCUT2D eigenvalue weighted by Crippen LogP contribution is 2.74. The van der Waals surface area contributed by atoms with Crippen LogP contribution in [0.15, 0.2) is 11.6 Å². The molecular weight excluding hydrogens is 232 g/mol. The van der Waals surface area contributed by atoms with E-state index < -0.39 is 0 Å². The van der Waals surface area contributed by atoms with E-state index in [0.717, 1.165) is 24.2 Å². The molecule has 3 aliphatic rings. The number of aliphatic hydroxyl groups is 1. The molecule has 6 atom stereocenters. The highest BCUT2D eigenvalue weighted by atomic mass is 16.3. The maximum atomic E-state index is 9.89. The van der Waals surface area contributed by atoms with E-state index in [9.17, 15) is 5.11 Å². The van der Waals surface area contributed by atoms with Crippen molar-refractivity contribution in [1.29, 1.82) is 0 Å². The van der Waals surface area contributed by atoms with Gasteiger partial charge >= 0.3 is 0 Å². The number of aliphatic hydroxyl groups excluding tert-OH is 1. The maximum Gasteiger partial charge on any atom is 0.0720 e. The third-order valence-corrected chi connectivity index (χ3v) is 7.36.